The molecule has 1 saturated carbocycles. The van der Waals surface area contributed by atoms with Crippen LogP contribution in [0.1, 0.15) is 43.4 Å². The Balaban J connectivity index is 2.26. The van der Waals surface area contributed by atoms with E-state index in [0.717, 1.165) is 47.2 Å². The summed E-state index contributed by atoms with van der Waals surface area (Å²) in [6, 6.07) is 5.96. The lowest BCUT2D eigenvalue weighted by Crippen LogP contribution is -2.23. The van der Waals surface area contributed by atoms with E-state index < -0.39 is 0 Å². The van der Waals surface area contributed by atoms with Crippen LogP contribution in [0.25, 0.3) is 5.69 Å². The van der Waals surface area contributed by atoms with Gasteiger partial charge in [-0.3, -0.25) is 9.48 Å². The molecule has 1 aliphatic carbocycles. The quantitative estimate of drug-likeness (QED) is 0.916. The number of benzene rings is 1. The van der Waals surface area contributed by atoms with Crippen LogP contribution >= 0.6 is 15.9 Å². The van der Waals surface area contributed by atoms with Crippen LogP contribution in [0.4, 0.5) is 5.69 Å². The Kier molecular flexibility index (Phi) is 3.69. The fourth-order valence-corrected chi connectivity index (χ4v) is 3.37. The lowest BCUT2D eigenvalue weighted by Gasteiger charge is -2.16. The van der Waals surface area contributed by atoms with Crippen molar-refractivity contribution in [3.63, 3.8) is 0 Å². The molecule has 4 nitrogen and oxygen atoms in total. The van der Waals surface area contributed by atoms with Gasteiger partial charge in [0.2, 0.25) is 0 Å². The number of nitrogens with two attached hydrogens (primary N) is 1. The maximum absolute atomic E-state index is 12.7. The number of rotatable bonds is 4. The first kappa shape index (κ1) is 14.4. The van der Waals surface area contributed by atoms with Gasteiger partial charge >= 0.3 is 0 Å². The second-order valence-corrected chi connectivity index (χ2v) is 6.66. The van der Waals surface area contributed by atoms with Crippen molar-refractivity contribution in [3.05, 3.63) is 44.3 Å². The Morgan fingerprint density at radius 3 is 2.67 bits per heavy atom. The minimum atomic E-state index is -0.0872. The Morgan fingerprint density at radius 2 is 2.10 bits per heavy atom. The average Bonchev–Trinajstić information content (AvgIpc) is 3.22. The largest absolute Gasteiger partial charge is 0.393 e. The molecule has 3 rings (SSSR count). The fourth-order valence-electron chi connectivity index (χ4n) is 2.90. The molecule has 21 heavy (non-hydrogen) atoms. The molecule has 0 aliphatic heterocycles. The van der Waals surface area contributed by atoms with Crippen molar-refractivity contribution in [2.24, 2.45) is 0 Å². The average molecular weight is 350 g/mol. The summed E-state index contributed by atoms with van der Waals surface area (Å²) >= 11 is 3.47. The van der Waals surface area contributed by atoms with E-state index in [1.165, 1.54) is 0 Å². The summed E-state index contributed by atoms with van der Waals surface area (Å²) in [6.07, 6.45) is 3.25. The standard InChI is InChI=1S/C16H20BrN3O/c1-3-8-19-15(11-4-5-11)14(18)16(21)20(19)13-7-6-12(17)9-10(13)2/h6-7,9,11H,3-5,8,18H2,1-2H3. The highest BCUT2D eigenvalue weighted by molar-refractivity contribution is 9.10. The Hall–Kier alpha value is -1.49. The van der Waals surface area contributed by atoms with Crippen LogP contribution in [0.3, 0.4) is 0 Å². The van der Waals surface area contributed by atoms with Crippen molar-refractivity contribution in [1.82, 2.24) is 9.36 Å². The highest BCUT2D eigenvalue weighted by Crippen LogP contribution is 2.42. The van der Waals surface area contributed by atoms with E-state index >= 15 is 0 Å². The number of aromatic nitrogens is 2. The molecule has 0 spiro atoms. The monoisotopic (exact) mass is 349 g/mol. The molecule has 2 aromatic rings. The van der Waals surface area contributed by atoms with E-state index in [1.54, 1.807) is 4.68 Å². The lowest BCUT2D eigenvalue weighted by atomic mass is 10.2. The van der Waals surface area contributed by atoms with Gasteiger partial charge in [0, 0.05) is 16.9 Å². The lowest BCUT2D eigenvalue weighted by molar-refractivity contribution is 0.513. The Labute approximate surface area is 132 Å². The number of anilines is 1. The van der Waals surface area contributed by atoms with Crippen LogP contribution in [0, 0.1) is 6.92 Å². The first-order valence-corrected chi connectivity index (χ1v) is 8.21. The van der Waals surface area contributed by atoms with Crippen molar-refractivity contribution >= 4 is 21.6 Å². The predicted octanol–water partition coefficient (Wildman–Crippen LogP) is 3.58. The summed E-state index contributed by atoms with van der Waals surface area (Å²) < 4.78 is 4.86. The van der Waals surface area contributed by atoms with Gasteiger partial charge in [0.25, 0.3) is 5.56 Å². The molecule has 1 aromatic heterocycles. The van der Waals surface area contributed by atoms with Gasteiger partial charge in [-0.05, 0) is 49.9 Å². The predicted molar refractivity (Wildman–Crippen MR) is 89.1 cm³/mol. The third-order valence-electron chi connectivity index (χ3n) is 4.00. The van der Waals surface area contributed by atoms with Gasteiger partial charge in [0.1, 0.15) is 5.69 Å². The summed E-state index contributed by atoms with van der Waals surface area (Å²) in [6.45, 7) is 4.95. The first-order chi connectivity index (χ1) is 10.0. The van der Waals surface area contributed by atoms with Crippen LogP contribution in [-0.4, -0.2) is 9.36 Å². The van der Waals surface area contributed by atoms with Crippen molar-refractivity contribution in [1.29, 1.82) is 0 Å². The second kappa shape index (κ2) is 5.37. The van der Waals surface area contributed by atoms with Gasteiger partial charge in [0.05, 0.1) is 11.4 Å². The van der Waals surface area contributed by atoms with Gasteiger partial charge in [-0.1, -0.05) is 22.9 Å². The van der Waals surface area contributed by atoms with Gasteiger partial charge in [-0.2, -0.15) is 0 Å². The van der Waals surface area contributed by atoms with E-state index in [2.05, 4.69) is 27.5 Å². The molecule has 1 heterocycles. The highest BCUT2D eigenvalue weighted by Gasteiger charge is 2.32. The minimum absolute atomic E-state index is 0.0872. The smallest absolute Gasteiger partial charge is 0.294 e. The van der Waals surface area contributed by atoms with E-state index in [0.29, 0.717) is 11.6 Å². The molecule has 0 amide bonds. The normalized spacial score (nSPS) is 14.6. The number of aryl methyl sites for hydroxylation is 1. The maximum Gasteiger partial charge on any atom is 0.294 e. The molecule has 1 aliphatic rings. The van der Waals surface area contributed by atoms with E-state index in [4.69, 9.17) is 5.73 Å². The summed E-state index contributed by atoms with van der Waals surface area (Å²) in [7, 11) is 0. The third-order valence-corrected chi connectivity index (χ3v) is 4.50. The molecule has 2 N–H and O–H groups in total. The first-order valence-electron chi connectivity index (χ1n) is 7.42. The van der Waals surface area contributed by atoms with E-state index in [9.17, 15) is 4.79 Å². The zero-order chi connectivity index (χ0) is 15.1. The molecule has 1 aromatic carbocycles. The van der Waals surface area contributed by atoms with Gasteiger partial charge in [-0.15, -0.1) is 0 Å². The van der Waals surface area contributed by atoms with E-state index in [-0.39, 0.29) is 5.56 Å². The van der Waals surface area contributed by atoms with Crippen molar-refractivity contribution in [3.8, 4) is 5.69 Å². The summed E-state index contributed by atoms with van der Waals surface area (Å²) in [5, 5.41) is 0. The highest BCUT2D eigenvalue weighted by atomic mass is 79.9. The summed E-state index contributed by atoms with van der Waals surface area (Å²) in [4.78, 5) is 12.7. The van der Waals surface area contributed by atoms with Crippen molar-refractivity contribution in [2.75, 3.05) is 5.73 Å². The van der Waals surface area contributed by atoms with E-state index in [1.807, 2.05) is 25.1 Å². The van der Waals surface area contributed by atoms with Crippen LogP contribution < -0.4 is 11.3 Å². The molecule has 112 valence electrons. The number of halogens is 1. The van der Waals surface area contributed by atoms with Gasteiger partial charge in [-0.25, -0.2) is 4.68 Å². The summed E-state index contributed by atoms with van der Waals surface area (Å²) in [5.74, 6) is 0.459. The van der Waals surface area contributed by atoms with Crippen molar-refractivity contribution < 1.29 is 0 Å². The molecule has 0 bridgehead atoms. The molecule has 0 radical (unpaired) electrons. The zero-order valence-electron chi connectivity index (χ0n) is 12.4. The van der Waals surface area contributed by atoms with Gasteiger partial charge in [0.15, 0.2) is 0 Å². The van der Waals surface area contributed by atoms with Crippen LogP contribution in [0.15, 0.2) is 27.5 Å². The number of hydrogen-bond acceptors (Lipinski definition) is 2. The fraction of sp³-hybridized carbons (Fsp3) is 0.438. The topological polar surface area (TPSA) is 52.9 Å². The Morgan fingerprint density at radius 1 is 1.38 bits per heavy atom. The van der Waals surface area contributed by atoms with Crippen molar-refractivity contribution in [2.45, 2.75) is 45.6 Å². The molecular formula is C16H20BrN3O. The van der Waals surface area contributed by atoms with Crippen LogP contribution in [-0.2, 0) is 6.54 Å². The molecule has 1 fully saturated rings. The SMILES string of the molecule is CCCn1c(C2CC2)c(N)c(=O)n1-c1ccc(Br)cc1C. The van der Waals surface area contributed by atoms with Gasteiger partial charge < -0.3 is 5.73 Å². The maximum atomic E-state index is 12.7. The molecule has 0 saturated heterocycles. The number of nitrogen functional groups attached to an aromatic ring is 1. The molecule has 0 unspecified atom stereocenters. The third kappa shape index (κ3) is 2.44. The second-order valence-electron chi connectivity index (χ2n) is 5.74. The van der Waals surface area contributed by atoms with Crippen LogP contribution in [0.5, 0.6) is 0 Å². The zero-order valence-corrected chi connectivity index (χ0v) is 14.0. The minimum Gasteiger partial charge on any atom is -0.393 e. The molecular weight excluding hydrogens is 330 g/mol. The Bertz CT molecular complexity index is 741. The molecule has 5 heteroatoms. The molecule has 0 atom stereocenters. The number of hydrogen-bond donors (Lipinski definition) is 1. The summed E-state index contributed by atoms with van der Waals surface area (Å²) in [5.41, 5.74) is 9.47. The van der Waals surface area contributed by atoms with Crippen LogP contribution in [0.2, 0.25) is 0 Å². The number of nitrogens with zero attached hydrogens (tertiary/aromatic N) is 2.